The molecule has 174 valence electrons. The molecule has 0 fully saturated rings. The van der Waals surface area contributed by atoms with Gasteiger partial charge in [0, 0.05) is 10.6 Å². The number of nitrogens with zero attached hydrogens (tertiary/aromatic N) is 1. The summed E-state index contributed by atoms with van der Waals surface area (Å²) in [6.07, 6.45) is 1.15. The van der Waals surface area contributed by atoms with Gasteiger partial charge < -0.3 is 10.1 Å². The Bertz CT molecular complexity index is 1180. The number of benzene rings is 3. The lowest BCUT2D eigenvalue weighted by Crippen LogP contribution is -2.29. The van der Waals surface area contributed by atoms with Crippen LogP contribution in [0.2, 0.25) is 5.02 Å². The van der Waals surface area contributed by atoms with Crippen LogP contribution in [0.1, 0.15) is 41.4 Å². The van der Waals surface area contributed by atoms with Crippen molar-refractivity contribution in [1.29, 1.82) is 0 Å². The van der Waals surface area contributed by atoms with Crippen molar-refractivity contribution in [3.8, 4) is 5.75 Å². The number of halogens is 1. The van der Waals surface area contributed by atoms with Crippen LogP contribution in [-0.4, -0.2) is 27.2 Å². The van der Waals surface area contributed by atoms with E-state index < -0.39 is 10.0 Å². The summed E-state index contributed by atoms with van der Waals surface area (Å²) < 4.78 is 31.5. The highest BCUT2D eigenvalue weighted by Crippen LogP contribution is 2.23. The number of nitrogens with one attached hydrogen (secondary N) is 1. The van der Waals surface area contributed by atoms with Crippen LogP contribution < -0.4 is 14.4 Å². The highest BCUT2D eigenvalue weighted by atomic mass is 35.5. The van der Waals surface area contributed by atoms with Crippen molar-refractivity contribution in [3.63, 3.8) is 0 Å². The van der Waals surface area contributed by atoms with E-state index in [1.54, 1.807) is 48.5 Å². The average molecular weight is 487 g/mol. The summed E-state index contributed by atoms with van der Waals surface area (Å²) in [5, 5.41) is 3.55. The molecule has 0 bridgehead atoms. The third kappa shape index (κ3) is 6.73. The molecular formula is C25H27ClN2O4S. The van der Waals surface area contributed by atoms with Gasteiger partial charge in [-0.05, 0) is 73.5 Å². The van der Waals surface area contributed by atoms with Crippen molar-refractivity contribution in [1.82, 2.24) is 5.32 Å². The van der Waals surface area contributed by atoms with Crippen LogP contribution in [0, 0.1) is 0 Å². The van der Waals surface area contributed by atoms with E-state index in [2.05, 4.69) is 5.32 Å². The highest BCUT2D eigenvalue weighted by Gasteiger charge is 2.19. The first-order valence-corrected chi connectivity index (χ1v) is 12.8. The van der Waals surface area contributed by atoms with E-state index in [0.29, 0.717) is 22.9 Å². The summed E-state index contributed by atoms with van der Waals surface area (Å²) in [6, 6.07) is 20.9. The van der Waals surface area contributed by atoms with Crippen molar-refractivity contribution in [2.75, 3.05) is 17.2 Å². The minimum Gasteiger partial charge on any atom is -0.494 e. The van der Waals surface area contributed by atoms with Gasteiger partial charge in [-0.25, -0.2) is 8.42 Å². The number of sulfonamides is 1. The van der Waals surface area contributed by atoms with Crippen molar-refractivity contribution < 1.29 is 17.9 Å². The molecule has 0 heterocycles. The molecule has 0 aromatic heterocycles. The summed E-state index contributed by atoms with van der Waals surface area (Å²) >= 11 is 5.92. The monoisotopic (exact) mass is 486 g/mol. The fourth-order valence-corrected chi connectivity index (χ4v) is 4.33. The van der Waals surface area contributed by atoms with E-state index in [1.165, 1.54) is 4.31 Å². The number of carbonyl (C=O) groups excluding carboxylic acids is 1. The SMILES string of the molecule is CCOc1ccc(C(C)NC(=O)c2ccc(N(Cc3ccc(Cl)cc3)S(C)(=O)=O)cc2)cc1. The summed E-state index contributed by atoms with van der Waals surface area (Å²) in [6.45, 7) is 4.59. The third-order valence-electron chi connectivity index (χ3n) is 5.10. The summed E-state index contributed by atoms with van der Waals surface area (Å²) in [5.74, 6) is 0.538. The number of hydrogen-bond acceptors (Lipinski definition) is 4. The van der Waals surface area contributed by atoms with Gasteiger partial charge in [0.15, 0.2) is 0 Å². The largest absolute Gasteiger partial charge is 0.494 e. The molecule has 0 saturated heterocycles. The molecule has 3 aromatic rings. The van der Waals surface area contributed by atoms with E-state index >= 15 is 0 Å². The predicted octanol–water partition coefficient (Wildman–Crippen LogP) is 5.20. The first-order valence-electron chi connectivity index (χ1n) is 10.5. The maximum Gasteiger partial charge on any atom is 0.251 e. The second kappa shape index (κ2) is 10.7. The lowest BCUT2D eigenvalue weighted by molar-refractivity contribution is 0.0940. The molecule has 1 unspecified atom stereocenters. The molecule has 3 aromatic carbocycles. The molecular weight excluding hydrogens is 460 g/mol. The van der Waals surface area contributed by atoms with Crippen LogP contribution in [0.4, 0.5) is 5.69 Å². The molecule has 1 N–H and O–H groups in total. The number of rotatable bonds is 9. The Hall–Kier alpha value is -3.03. The maximum atomic E-state index is 12.7. The Morgan fingerprint density at radius 2 is 1.61 bits per heavy atom. The topological polar surface area (TPSA) is 75.7 Å². The Morgan fingerprint density at radius 1 is 1.00 bits per heavy atom. The first-order chi connectivity index (χ1) is 15.7. The van der Waals surface area contributed by atoms with Gasteiger partial charge >= 0.3 is 0 Å². The first kappa shape index (κ1) is 24.6. The number of amides is 1. The number of ether oxygens (including phenoxy) is 1. The van der Waals surface area contributed by atoms with Crippen molar-refractivity contribution in [3.05, 3.63) is 94.5 Å². The van der Waals surface area contributed by atoms with Crippen LogP contribution in [0.15, 0.2) is 72.8 Å². The molecule has 0 spiro atoms. The van der Waals surface area contributed by atoms with Crippen LogP contribution >= 0.6 is 11.6 Å². The molecule has 1 amide bonds. The van der Waals surface area contributed by atoms with Gasteiger partial charge in [0.1, 0.15) is 5.75 Å². The molecule has 1 atom stereocenters. The lowest BCUT2D eigenvalue weighted by Gasteiger charge is -2.23. The van der Waals surface area contributed by atoms with Crippen molar-refractivity contribution >= 4 is 33.2 Å². The summed E-state index contributed by atoms with van der Waals surface area (Å²) in [4.78, 5) is 12.7. The standard InChI is InChI=1S/C25H27ClN2O4S/c1-4-32-24-15-9-20(10-16-24)18(2)27-25(29)21-7-13-23(14-8-21)28(33(3,30)31)17-19-5-11-22(26)12-6-19/h5-16,18H,4,17H2,1-3H3,(H,27,29). The predicted molar refractivity (Wildman–Crippen MR) is 132 cm³/mol. The van der Waals surface area contributed by atoms with Gasteiger partial charge in [-0.15, -0.1) is 0 Å². The molecule has 0 radical (unpaired) electrons. The zero-order chi connectivity index (χ0) is 24.0. The van der Waals surface area contributed by atoms with Crippen LogP contribution in [-0.2, 0) is 16.6 Å². The molecule has 8 heteroatoms. The molecule has 3 rings (SSSR count). The Labute approximate surface area is 200 Å². The third-order valence-corrected chi connectivity index (χ3v) is 6.49. The molecule has 0 aliphatic carbocycles. The molecule has 0 aliphatic rings. The second-order valence-corrected chi connectivity index (χ2v) is 9.98. The van der Waals surface area contributed by atoms with Gasteiger partial charge in [-0.2, -0.15) is 0 Å². The number of hydrogen-bond donors (Lipinski definition) is 1. The molecule has 6 nitrogen and oxygen atoms in total. The van der Waals surface area contributed by atoms with E-state index in [0.717, 1.165) is 23.1 Å². The zero-order valence-corrected chi connectivity index (χ0v) is 20.4. The molecule has 0 saturated carbocycles. The van der Waals surface area contributed by atoms with Crippen molar-refractivity contribution in [2.24, 2.45) is 0 Å². The quantitative estimate of drug-likeness (QED) is 0.451. The number of anilines is 1. The van der Waals surface area contributed by atoms with E-state index in [1.807, 2.05) is 38.1 Å². The molecule has 33 heavy (non-hydrogen) atoms. The van der Waals surface area contributed by atoms with E-state index in [4.69, 9.17) is 16.3 Å². The lowest BCUT2D eigenvalue weighted by atomic mass is 10.1. The smallest absolute Gasteiger partial charge is 0.251 e. The van der Waals surface area contributed by atoms with Gasteiger partial charge in [0.05, 0.1) is 31.1 Å². The van der Waals surface area contributed by atoms with Crippen LogP contribution in [0.3, 0.4) is 0 Å². The number of carbonyl (C=O) groups is 1. The van der Waals surface area contributed by atoms with Gasteiger partial charge in [-0.3, -0.25) is 9.10 Å². The second-order valence-electron chi connectivity index (χ2n) is 7.64. The van der Waals surface area contributed by atoms with Gasteiger partial charge in [-0.1, -0.05) is 35.9 Å². The highest BCUT2D eigenvalue weighted by molar-refractivity contribution is 7.92. The van der Waals surface area contributed by atoms with Gasteiger partial charge in [0.2, 0.25) is 10.0 Å². The Kier molecular flexibility index (Phi) is 8.00. The zero-order valence-electron chi connectivity index (χ0n) is 18.8. The maximum absolute atomic E-state index is 12.7. The minimum atomic E-state index is -3.53. The van der Waals surface area contributed by atoms with E-state index in [9.17, 15) is 13.2 Å². The van der Waals surface area contributed by atoms with E-state index in [-0.39, 0.29) is 18.5 Å². The molecule has 0 aliphatic heterocycles. The normalized spacial score (nSPS) is 12.1. The average Bonchev–Trinajstić information content (AvgIpc) is 2.78. The Morgan fingerprint density at radius 3 is 2.15 bits per heavy atom. The fourth-order valence-electron chi connectivity index (χ4n) is 3.32. The van der Waals surface area contributed by atoms with Crippen LogP contribution in [0.25, 0.3) is 0 Å². The Balaban J connectivity index is 1.71. The fraction of sp³-hybridized carbons (Fsp3) is 0.240. The summed E-state index contributed by atoms with van der Waals surface area (Å²) in [7, 11) is -3.53. The van der Waals surface area contributed by atoms with Crippen LogP contribution in [0.5, 0.6) is 5.75 Å². The van der Waals surface area contributed by atoms with Gasteiger partial charge in [0.25, 0.3) is 5.91 Å². The minimum absolute atomic E-state index is 0.163. The van der Waals surface area contributed by atoms with Crippen molar-refractivity contribution in [2.45, 2.75) is 26.4 Å². The summed E-state index contributed by atoms with van der Waals surface area (Å²) in [5.41, 5.74) is 2.67.